The van der Waals surface area contributed by atoms with E-state index in [1.165, 1.54) is 77.5 Å². The lowest BCUT2D eigenvalue weighted by molar-refractivity contribution is 0.766. The van der Waals surface area contributed by atoms with Crippen molar-refractivity contribution in [2.45, 2.75) is 52.9 Å². The van der Waals surface area contributed by atoms with E-state index in [2.05, 4.69) is 256 Å². The number of nitriles is 1. The molecular weight excluding hydrogens is 847 g/mol. The minimum atomic E-state index is -0.731. The SMILES string of the molecule is CCCc1ccccc1-c1ccc(N(c2ccccc2)c2cc3c(c4ccccc24)-c2ccc(N(c4ccccc4)c4ccc(C#N)c(C)c4)cc2C3(c2cccc(C)c2)c2cccc(C)c2)cc1C. The molecule has 3 heteroatoms. The van der Waals surface area contributed by atoms with Gasteiger partial charge in [0.05, 0.1) is 22.7 Å². The Morgan fingerprint density at radius 1 is 0.429 bits per heavy atom. The van der Waals surface area contributed by atoms with Crippen LogP contribution in [0, 0.1) is 39.0 Å². The molecule has 0 saturated heterocycles. The maximum absolute atomic E-state index is 9.97. The molecule has 0 saturated carbocycles. The van der Waals surface area contributed by atoms with Crippen LogP contribution < -0.4 is 9.80 Å². The summed E-state index contributed by atoms with van der Waals surface area (Å²) in [5.74, 6) is 0. The average molecular weight is 902 g/mol. The van der Waals surface area contributed by atoms with Crippen LogP contribution in [0.2, 0.25) is 0 Å². The minimum absolute atomic E-state index is 0.676. The van der Waals surface area contributed by atoms with Crippen molar-refractivity contribution in [2.24, 2.45) is 0 Å². The van der Waals surface area contributed by atoms with Crippen molar-refractivity contribution in [3.05, 3.63) is 274 Å². The molecule has 338 valence electrons. The summed E-state index contributed by atoms with van der Waals surface area (Å²) >= 11 is 0. The van der Waals surface area contributed by atoms with Gasteiger partial charge in [0.1, 0.15) is 0 Å². The van der Waals surface area contributed by atoms with Gasteiger partial charge in [-0.15, -0.1) is 0 Å². The second-order valence-electron chi connectivity index (χ2n) is 18.9. The molecular formula is C67H55N3. The third-order valence-electron chi connectivity index (χ3n) is 14.4. The van der Waals surface area contributed by atoms with E-state index >= 15 is 0 Å². The molecule has 3 nitrogen and oxygen atoms in total. The Kier molecular flexibility index (Phi) is 11.5. The molecule has 0 N–H and O–H groups in total. The van der Waals surface area contributed by atoms with Crippen LogP contribution in [0.1, 0.15) is 69.0 Å². The molecule has 10 aromatic rings. The molecule has 0 atom stereocenters. The first kappa shape index (κ1) is 44.1. The van der Waals surface area contributed by atoms with Crippen molar-refractivity contribution >= 4 is 44.9 Å². The predicted molar refractivity (Wildman–Crippen MR) is 294 cm³/mol. The zero-order chi connectivity index (χ0) is 47.9. The number of hydrogen-bond donors (Lipinski definition) is 0. The number of nitrogens with zero attached hydrogens (tertiary/aromatic N) is 3. The Bertz CT molecular complexity index is 3590. The Hall–Kier alpha value is -8.45. The molecule has 0 spiro atoms. The monoisotopic (exact) mass is 901 g/mol. The fraction of sp³-hybridized carbons (Fsp3) is 0.119. The highest BCUT2D eigenvalue weighted by molar-refractivity contribution is 6.11. The normalized spacial score (nSPS) is 12.3. The van der Waals surface area contributed by atoms with Crippen LogP contribution in [0.3, 0.4) is 0 Å². The van der Waals surface area contributed by atoms with E-state index in [9.17, 15) is 5.26 Å². The summed E-state index contributed by atoms with van der Waals surface area (Å²) in [6.07, 6.45) is 2.14. The lowest BCUT2D eigenvalue weighted by Crippen LogP contribution is -2.29. The Labute approximate surface area is 413 Å². The third kappa shape index (κ3) is 7.45. The van der Waals surface area contributed by atoms with Gasteiger partial charge in [-0.3, -0.25) is 0 Å². The molecule has 0 bridgehead atoms. The van der Waals surface area contributed by atoms with Crippen LogP contribution in [-0.2, 0) is 11.8 Å². The molecule has 0 aliphatic heterocycles. The molecule has 1 aliphatic rings. The molecule has 70 heavy (non-hydrogen) atoms. The predicted octanol–water partition coefficient (Wildman–Crippen LogP) is 17.9. The maximum Gasteiger partial charge on any atom is 0.0994 e. The van der Waals surface area contributed by atoms with Gasteiger partial charge in [-0.05, 0) is 173 Å². The van der Waals surface area contributed by atoms with Gasteiger partial charge in [0.25, 0.3) is 0 Å². The molecule has 10 aromatic carbocycles. The van der Waals surface area contributed by atoms with Crippen LogP contribution in [0.5, 0.6) is 0 Å². The van der Waals surface area contributed by atoms with Gasteiger partial charge in [-0.2, -0.15) is 5.26 Å². The second kappa shape index (κ2) is 18.2. The topological polar surface area (TPSA) is 30.3 Å². The second-order valence-corrected chi connectivity index (χ2v) is 18.9. The summed E-state index contributed by atoms with van der Waals surface area (Å²) in [6, 6.07) is 82.9. The van der Waals surface area contributed by atoms with E-state index in [-0.39, 0.29) is 0 Å². The van der Waals surface area contributed by atoms with Gasteiger partial charge < -0.3 is 9.80 Å². The van der Waals surface area contributed by atoms with Crippen molar-refractivity contribution < 1.29 is 0 Å². The summed E-state index contributed by atoms with van der Waals surface area (Å²) in [7, 11) is 0. The van der Waals surface area contributed by atoms with Crippen molar-refractivity contribution in [3.8, 4) is 28.3 Å². The number of rotatable bonds is 11. The van der Waals surface area contributed by atoms with Gasteiger partial charge in [-0.1, -0.05) is 170 Å². The number of hydrogen-bond acceptors (Lipinski definition) is 3. The number of benzene rings is 10. The van der Waals surface area contributed by atoms with Crippen molar-refractivity contribution in [1.29, 1.82) is 5.26 Å². The summed E-state index contributed by atoms with van der Waals surface area (Å²) in [4.78, 5) is 4.81. The van der Waals surface area contributed by atoms with E-state index in [1.54, 1.807) is 0 Å². The van der Waals surface area contributed by atoms with E-state index in [1.807, 2.05) is 13.0 Å². The van der Waals surface area contributed by atoms with Crippen molar-refractivity contribution in [2.75, 3.05) is 9.80 Å². The molecule has 0 heterocycles. The Morgan fingerprint density at radius 3 is 1.61 bits per heavy atom. The van der Waals surface area contributed by atoms with E-state index < -0.39 is 5.41 Å². The maximum atomic E-state index is 9.97. The zero-order valence-electron chi connectivity index (χ0n) is 40.5. The molecule has 0 aromatic heterocycles. The van der Waals surface area contributed by atoms with Gasteiger partial charge in [0.15, 0.2) is 0 Å². The highest BCUT2D eigenvalue weighted by atomic mass is 15.1. The molecule has 1 aliphatic carbocycles. The largest absolute Gasteiger partial charge is 0.310 e. The molecule has 11 rings (SSSR count). The minimum Gasteiger partial charge on any atom is -0.310 e. The Morgan fingerprint density at radius 2 is 0.986 bits per heavy atom. The first-order valence-corrected chi connectivity index (χ1v) is 24.5. The van der Waals surface area contributed by atoms with Gasteiger partial charge in [0, 0.05) is 33.8 Å². The summed E-state index contributed by atoms with van der Waals surface area (Å²) in [5, 5.41) is 12.4. The number of para-hydroxylation sites is 2. The first-order chi connectivity index (χ1) is 34.3. The van der Waals surface area contributed by atoms with Crippen LogP contribution >= 0.6 is 0 Å². The lowest BCUT2D eigenvalue weighted by atomic mass is 9.67. The number of anilines is 6. The highest BCUT2D eigenvalue weighted by Gasteiger charge is 2.48. The van der Waals surface area contributed by atoms with Crippen LogP contribution in [0.4, 0.5) is 34.1 Å². The Balaban J connectivity index is 1.22. The van der Waals surface area contributed by atoms with E-state index in [4.69, 9.17) is 0 Å². The fourth-order valence-corrected chi connectivity index (χ4v) is 11.3. The molecule has 0 unspecified atom stereocenters. The first-order valence-electron chi connectivity index (χ1n) is 24.5. The van der Waals surface area contributed by atoms with Gasteiger partial charge in [-0.25, -0.2) is 0 Å². The lowest BCUT2D eigenvalue weighted by Gasteiger charge is -2.36. The number of aryl methyl sites for hydroxylation is 5. The quantitative estimate of drug-likeness (QED) is 0.130. The van der Waals surface area contributed by atoms with Crippen molar-refractivity contribution in [1.82, 2.24) is 0 Å². The van der Waals surface area contributed by atoms with Gasteiger partial charge in [0.2, 0.25) is 0 Å². The van der Waals surface area contributed by atoms with Crippen LogP contribution in [0.25, 0.3) is 33.0 Å². The van der Waals surface area contributed by atoms with Crippen LogP contribution in [0.15, 0.2) is 218 Å². The molecule has 0 amide bonds. The molecule has 0 radical (unpaired) electrons. The summed E-state index contributed by atoms with van der Waals surface area (Å²) in [6.45, 7) is 11.0. The van der Waals surface area contributed by atoms with Crippen molar-refractivity contribution in [3.63, 3.8) is 0 Å². The molecule has 0 fully saturated rings. The van der Waals surface area contributed by atoms with Crippen LogP contribution in [-0.4, -0.2) is 0 Å². The van der Waals surface area contributed by atoms with E-state index in [0.29, 0.717) is 5.56 Å². The smallest absolute Gasteiger partial charge is 0.0994 e. The van der Waals surface area contributed by atoms with E-state index in [0.717, 1.165) is 52.5 Å². The summed E-state index contributed by atoms with van der Waals surface area (Å²) in [5.41, 5.74) is 22.3. The van der Waals surface area contributed by atoms with Gasteiger partial charge >= 0.3 is 0 Å². The fourth-order valence-electron chi connectivity index (χ4n) is 11.3. The standard InChI is InChI=1S/C67H55N3/c1-6-19-49-22-13-14-29-59(49)58-36-34-56(41-48(58)5)70(54-27-11-8-12-28-54)65-43-64-66(61-31-16-15-30-60(61)65)62-37-35-57(69(53-25-9-7-10-26-53)55-33-32-50(44-68)47(4)40-55)42-63(62)67(64,51-23-17-20-45(2)38-51)52-24-18-21-46(3)39-52/h7-18,20-43H,6,19H2,1-5H3. The highest BCUT2D eigenvalue weighted by Crippen LogP contribution is 2.61. The zero-order valence-corrected chi connectivity index (χ0v) is 40.5. The third-order valence-corrected chi connectivity index (χ3v) is 14.4. The number of fused-ring (bicyclic) bond motifs is 5. The summed E-state index contributed by atoms with van der Waals surface area (Å²) < 4.78 is 0. The average Bonchev–Trinajstić information content (AvgIpc) is 3.68.